The molecule has 1 aromatic rings. The van der Waals surface area contributed by atoms with Crippen molar-refractivity contribution in [3.05, 3.63) is 17.7 Å². The van der Waals surface area contributed by atoms with Gasteiger partial charge < -0.3 is 20.1 Å². The lowest BCUT2D eigenvalue weighted by atomic mass is 10.1. The van der Waals surface area contributed by atoms with E-state index in [1.807, 2.05) is 18.4 Å². The lowest BCUT2D eigenvalue weighted by Gasteiger charge is -2.20. The summed E-state index contributed by atoms with van der Waals surface area (Å²) in [5, 5.41) is 0. The lowest BCUT2D eigenvalue weighted by Crippen LogP contribution is -2.26. The Morgan fingerprint density at radius 3 is 2.43 bits per heavy atom. The number of rotatable bonds is 8. The standard InChI is InChI=1S/C15H24N2O3S/c1-17(15(18)6-5-7-16)10-11-8-12(19-2)13(20-3)9-14(11)21-4/h8-9H,5-7,10,16H2,1-4H3. The van der Waals surface area contributed by atoms with Crippen molar-refractivity contribution >= 4 is 17.7 Å². The van der Waals surface area contributed by atoms with Crippen LogP contribution >= 0.6 is 11.8 Å². The number of thioether (sulfide) groups is 1. The lowest BCUT2D eigenvalue weighted by molar-refractivity contribution is -0.130. The maximum absolute atomic E-state index is 12.0. The van der Waals surface area contributed by atoms with Crippen LogP contribution in [-0.2, 0) is 11.3 Å². The van der Waals surface area contributed by atoms with Gasteiger partial charge in [0.05, 0.1) is 14.2 Å². The first-order chi connectivity index (χ1) is 10.1. The van der Waals surface area contributed by atoms with E-state index in [1.54, 1.807) is 37.9 Å². The van der Waals surface area contributed by atoms with Gasteiger partial charge in [0.15, 0.2) is 11.5 Å². The zero-order valence-corrected chi connectivity index (χ0v) is 14.0. The predicted molar refractivity (Wildman–Crippen MR) is 86.1 cm³/mol. The van der Waals surface area contributed by atoms with Crippen LogP contribution in [0.15, 0.2) is 17.0 Å². The molecule has 0 atom stereocenters. The maximum atomic E-state index is 12.0. The van der Waals surface area contributed by atoms with E-state index < -0.39 is 0 Å². The molecule has 0 aliphatic rings. The zero-order valence-electron chi connectivity index (χ0n) is 13.1. The average molecular weight is 312 g/mol. The van der Waals surface area contributed by atoms with Crippen molar-refractivity contribution < 1.29 is 14.3 Å². The number of nitrogens with zero attached hydrogens (tertiary/aromatic N) is 1. The molecule has 21 heavy (non-hydrogen) atoms. The molecule has 2 N–H and O–H groups in total. The van der Waals surface area contributed by atoms with Crippen molar-refractivity contribution in [1.82, 2.24) is 4.90 Å². The number of carbonyl (C=O) groups is 1. The molecule has 0 aliphatic carbocycles. The van der Waals surface area contributed by atoms with E-state index in [0.29, 0.717) is 37.4 Å². The van der Waals surface area contributed by atoms with Gasteiger partial charge in [0.25, 0.3) is 0 Å². The number of carbonyl (C=O) groups excluding carboxylic acids is 1. The van der Waals surface area contributed by atoms with Crippen molar-refractivity contribution in [1.29, 1.82) is 0 Å². The van der Waals surface area contributed by atoms with Gasteiger partial charge in [-0.2, -0.15) is 0 Å². The highest BCUT2D eigenvalue weighted by Gasteiger charge is 2.15. The summed E-state index contributed by atoms with van der Waals surface area (Å²) in [5.41, 5.74) is 6.49. The van der Waals surface area contributed by atoms with E-state index >= 15 is 0 Å². The Morgan fingerprint density at radius 1 is 1.29 bits per heavy atom. The summed E-state index contributed by atoms with van der Waals surface area (Å²) in [6.45, 7) is 1.08. The van der Waals surface area contributed by atoms with Crippen molar-refractivity contribution in [3.63, 3.8) is 0 Å². The minimum absolute atomic E-state index is 0.0993. The molecule has 0 aromatic heterocycles. The Balaban J connectivity index is 2.93. The van der Waals surface area contributed by atoms with E-state index in [4.69, 9.17) is 15.2 Å². The van der Waals surface area contributed by atoms with E-state index in [-0.39, 0.29) is 5.91 Å². The van der Waals surface area contributed by atoms with E-state index in [1.165, 1.54) is 0 Å². The fraction of sp³-hybridized carbons (Fsp3) is 0.533. The predicted octanol–water partition coefficient (Wildman–Crippen LogP) is 2.12. The van der Waals surface area contributed by atoms with Gasteiger partial charge in [-0.25, -0.2) is 0 Å². The fourth-order valence-electron chi connectivity index (χ4n) is 2.00. The van der Waals surface area contributed by atoms with Crippen LogP contribution in [0.1, 0.15) is 18.4 Å². The number of amides is 1. The molecule has 1 amide bonds. The van der Waals surface area contributed by atoms with Crippen LogP contribution in [-0.4, -0.2) is 44.9 Å². The molecule has 0 radical (unpaired) electrons. The summed E-state index contributed by atoms with van der Waals surface area (Å²) in [7, 11) is 5.03. The smallest absolute Gasteiger partial charge is 0.222 e. The third kappa shape index (κ3) is 4.82. The molecule has 0 bridgehead atoms. The highest BCUT2D eigenvalue weighted by Crippen LogP contribution is 2.35. The number of ether oxygens (including phenoxy) is 2. The molecular formula is C15H24N2O3S. The van der Waals surface area contributed by atoms with E-state index in [9.17, 15) is 4.79 Å². The summed E-state index contributed by atoms with van der Waals surface area (Å²) in [4.78, 5) is 14.8. The van der Waals surface area contributed by atoms with Crippen molar-refractivity contribution in [2.75, 3.05) is 34.1 Å². The molecule has 0 heterocycles. The van der Waals surface area contributed by atoms with Crippen molar-refractivity contribution in [3.8, 4) is 11.5 Å². The number of hydrogen-bond donors (Lipinski definition) is 1. The van der Waals surface area contributed by atoms with Crippen LogP contribution in [0.5, 0.6) is 11.5 Å². The third-order valence-electron chi connectivity index (χ3n) is 3.21. The number of methoxy groups -OCH3 is 2. The second-order valence-corrected chi connectivity index (χ2v) is 5.51. The summed E-state index contributed by atoms with van der Waals surface area (Å²) in [6.07, 6.45) is 3.19. The molecule has 0 spiro atoms. The minimum atomic E-state index is 0.0993. The Bertz CT molecular complexity index is 480. The Kier molecular flexibility index (Phi) is 7.39. The maximum Gasteiger partial charge on any atom is 0.222 e. The summed E-state index contributed by atoms with van der Waals surface area (Å²) >= 11 is 1.62. The number of hydrogen-bond acceptors (Lipinski definition) is 5. The Morgan fingerprint density at radius 2 is 1.90 bits per heavy atom. The molecule has 0 unspecified atom stereocenters. The van der Waals surface area contributed by atoms with Gasteiger partial charge in [0, 0.05) is 24.9 Å². The van der Waals surface area contributed by atoms with Gasteiger partial charge in [-0.15, -0.1) is 11.8 Å². The average Bonchev–Trinajstić information content (AvgIpc) is 2.51. The topological polar surface area (TPSA) is 64.8 Å². The molecular weight excluding hydrogens is 288 g/mol. The summed E-state index contributed by atoms with van der Waals surface area (Å²) in [5.74, 6) is 1.47. The molecule has 1 aromatic carbocycles. The van der Waals surface area contributed by atoms with Crippen LogP contribution in [0.3, 0.4) is 0 Å². The summed E-state index contributed by atoms with van der Waals surface area (Å²) in [6, 6.07) is 3.87. The molecule has 0 aliphatic heterocycles. The van der Waals surface area contributed by atoms with Crippen molar-refractivity contribution in [2.24, 2.45) is 5.73 Å². The number of benzene rings is 1. The van der Waals surface area contributed by atoms with E-state index in [2.05, 4.69) is 0 Å². The second-order valence-electron chi connectivity index (χ2n) is 4.66. The number of nitrogens with two attached hydrogens (primary N) is 1. The van der Waals surface area contributed by atoms with Gasteiger partial charge >= 0.3 is 0 Å². The fourth-order valence-corrected chi connectivity index (χ4v) is 2.61. The Labute approximate surface area is 130 Å². The largest absolute Gasteiger partial charge is 0.493 e. The van der Waals surface area contributed by atoms with Gasteiger partial charge in [-0.3, -0.25) is 4.79 Å². The SMILES string of the molecule is COc1cc(CN(C)C(=O)CCCN)c(SC)cc1OC. The van der Waals surface area contributed by atoms with Crippen LogP contribution in [0, 0.1) is 0 Å². The molecule has 1 rings (SSSR count). The molecule has 118 valence electrons. The molecule has 0 saturated heterocycles. The zero-order chi connectivity index (χ0) is 15.8. The first kappa shape index (κ1) is 17.7. The normalized spacial score (nSPS) is 10.3. The van der Waals surface area contributed by atoms with Crippen LogP contribution in [0.4, 0.5) is 0 Å². The van der Waals surface area contributed by atoms with Crippen LogP contribution in [0.2, 0.25) is 0 Å². The van der Waals surface area contributed by atoms with Gasteiger partial charge in [0.1, 0.15) is 0 Å². The molecule has 5 nitrogen and oxygen atoms in total. The van der Waals surface area contributed by atoms with Gasteiger partial charge in [0.2, 0.25) is 5.91 Å². The first-order valence-corrected chi connectivity index (χ1v) is 8.02. The van der Waals surface area contributed by atoms with Gasteiger partial charge in [-0.05, 0) is 36.9 Å². The minimum Gasteiger partial charge on any atom is -0.493 e. The monoisotopic (exact) mass is 312 g/mol. The molecule has 6 heteroatoms. The third-order valence-corrected chi connectivity index (χ3v) is 4.03. The van der Waals surface area contributed by atoms with Crippen LogP contribution in [0.25, 0.3) is 0 Å². The van der Waals surface area contributed by atoms with Crippen LogP contribution < -0.4 is 15.2 Å². The summed E-state index contributed by atoms with van der Waals surface area (Å²) < 4.78 is 10.6. The first-order valence-electron chi connectivity index (χ1n) is 6.80. The second kappa shape index (κ2) is 8.79. The highest BCUT2D eigenvalue weighted by molar-refractivity contribution is 7.98. The highest BCUT2D eigenvalue weighted by atomic mass is 32.2. The van der Waals surface area contributed by atoms with Crippen molar-refractivity contribution in [2.45, 2.75) is 24.3 Å². The van der Waals surface area contributed by atoms with E-state index in [0.717, 1.165) is 10.5 Å². The molecule has 0 saturated carbocycles. The Hall–Kier alpha value is -1.40. The quantitative estimate of drug-likeness (QED) is 0.745. The van der Waals surface area contributed by atoms with Gasteiger partial charge in [-0.1, -0.05) is 0 Å². The molecule has 0 fully saturated rings.